The Labute approximate surface area is 192 Å². The van der Waals surface area contributed by atoms with E-state index in [4.69, 9.17) is 4.74 Å². The van der Waals surface area contributed by atoms with E-state index in [9.17, 15) is 53.1 Å². The van der Waals surface area contributed by atoms with E-state index in [1.807, 2.05) is 0 Å². The highest BCUT2D eigenvalue weighted by Crippen LogP contribution is 2.60. The molecule has 3 heterocycles. The van der Waals surface area contributed by atoms with Gasteiger partial charge in [-0.3, -0.25) is 32.6 Å². The number of aromatic nitrogens is 4. The molecule has 0 radical (unpaired) electrons. The topological polar surface area (TPSA) is 314 Å². The van der Waals surface area contributed by atoms with Gasteiger partial charge in [0.15, 0.2) is 23.7 Å². The van der Waals surface area contributed by atoms with E-state index in [-0.39, 0.29) is 29.8 Å². The average Bonchev–Trinajstić information content (AvgIpc) is 3.27. The van der Waals surface area contributed by atoms with Crippen molar-refractivity contribution in [3.63, 3.8) is 0 Å². The van der Waals surface area contributed by atoms with Crippen LogP contribution in [0.1, 0.15) is 12.6 Å². The van der Waals surface area contributed by atoms with Crippen LogP contribution in [0.4, 0.5) is 5.95 Å². The number of phosphoric ester groups is 1. The Morgan fingerprint density at radius 2 is 1.97 bits per heavy atom. The molecule has 196 valence electrons. The molecule has 0 spiro atoms. The number of nitrogens with zero attached hydrogens (tertiary/aromatic N) is 3. The van der Waals surface area contributed by atoms with Crippen molar-refractivity contribution in [2.24, 2.45) is 0 Å². The van der Waals surface area contributed by atoms with Crippen LogP contribution >= 0.6 is 23.5 Å². The predicted octanol–water partition coefficient (Wildman–Crippen LogP) is -4.49. The molecule has 1 saturated heterocycles. The Hall–Kier alpha value is -1.89. The number of H-pyrrole nitrogens is 1. The van der Waals surface area contributed by atoms with Crippen LogP contribution in [-0.4, -0.2) is 61.1 Å². The maximum Gasteiger partial charge on any atom is 0.280 e. The van der Waals surface area contributed by atoms with Gasteiger partial charge in [0.25, 0.3) is 21.2 Å². The SMILES string of the molecule is O=CC(O)Nc1nc2c(ncn2[C@H]2C[C@H](O)[C@@H](COP(=O)([O-])OP(=O)([O-])OP(=O)([O-])[O-])O2)c(=O)[nH]1. The second-order valence-electron chi connectivity index (χ2n) is 6.70. The van der Waals surface area contributed by atoms with Gasteiger partial charge >= 0.3 is 0 Å². The molecule has 3 rings (SSSR count). The number of hydrogen-bond acceptors (Lipinski definition) is 18. The lowest BCUT2D eigenvalue weighted by Gasteiger charge is -2.37. The van der Waals surface area contributed by atoms with Gasteiger partial charge in [-0.15, -0.1) is 0 Å². The molecule has 0 bridgehead atoms. The lowest BCUT2D eigenvalue weighted by Crippen LogP contribution is -2.27. The summed E-state index contributed by atoms with van der Waals surface area (Å²) in [5.41, 5.74) is -1.07. The largest absolute Gasteiger partial charge is 0.790 e. The fourth-order valence-corrected chi connectivity index (χ4v) is 5.73. The number of carbonyl (C=O) groups is 1. The van der Waals surface area contributed by atoms with Crippen LogP contribution < -0.4 is 30.4 Å². The number of ether oxygens (including phenoxy) is 1. The van der Waals surface area contributed by atoms with Crippen LogP contribution in [0.5, 0.6) is 0 Å². The van der Waals surface area contributed by atoms with Gasteiger partial charge in [0.05, 0.1) is 26.9 Å². The number of imidazole rings is 1. The molecule has 0 saturated carbocycles. The van der Waals surface area contributed by atoms with Crippen molar-refractivity contribution in [2.45, 2.75) is 31.1 Å². The highest BCUT2D eigenvalue weighted by atomic mass is 31.3. The Balaban J connectivity index is 1.71. The predicted molar refractivity (Wildman–Crippen MR) is 99.3 cm³/mol. The van der Waals surface area contributed by atoms with Crippen molar-refractivity contribution >= 4 is 46.9 Å². The zero-order valence-electron chi connectivity index (χ0n) is 16.8. The number of phosphoric acid groups is 3. The zero-order chi connectivity index (χ0) is 26.2. The summed E-state index contributed by atoms with van der Waals surface area (Å²) < 4.78 is 50.5. The zero-order valence-corrected chi connectivity index (χ0v) is 19.4. The summed E-state index contributed by atoms with van der Waals surface area (Å²) in [7, 11) is -18.1. The average molecular weight is 561 g/mol. The van der Waals surface area contributed by atoms with E-state index in [1.165, 1.54) is 4.57 Å². The summed E-state index contributed by atoms with van der Waals surface area (Å²) in [6.45, 7) is -1.02. The van der Waals surface area contributed by atoms with E-state index in [0.717, 1.165) is 6.33 Å². The monoisotopic (exact) mass is 561 g/mol. The molecule has 35 heavy (non-hydrogen) atoms. The van der Waals surface area contributed by atoms with Crippen molar-refractivity contribution in [3.8, 4) is 0 Å². The van der Waals surface area contributed by atoms with Crippen molar-refractivity contribution in [1.29, 1.82) is 0 Å². The molecule has 1 fully saturated rings. The first-order valence-corrected chi connectivity index (χ1v) is 13.4. The van der Waals surface area contributed by atoms with Crippen molar-refractivity contribution in [2.75, 3.05) is 11.9 Å². The quantitative estimate of drug-likeness (QED) is 0.114. The molecule has 6 atom stereocenters. The van der Waals surface area contributed by atoms with E-state index in [2.05, 4.69) is 33.4 Å². The Morgan fingerprint density at radius 3 is 2.60 bits per heavy atom. The number of fused-ring (bicyclic) bond motifs is 1. The maximum atomic E-state index is 12.2. The van der Waals surface area contributed by atoms with E-state index >= 15 is 0 Å². The van der Waals surface area contributed by atoms with E-state index < -0.39 is 60.3 Å². The number of hydrogen-bond donors (Lipinski definition) is 4. The molecule has 0 aliphatic carbocycles. The number of anilines is 1. The van der Waals surface area contributed by atoms with Gasteiger partial charge in [0.1, 0.15) is 12.3 Å². The fourth-order valence-electron chi connectivity index (χ4n) is 2.86. The summed E-state index contributed by atoms with van der Waals surface area (Å²) in [4.78, 5) is 76.3. The molecule has 1 aliphatic rings. The van der Waals surface area contributed by atoms with Crippen molar-refractivity contribution in [3.05, 3.63) is 16.7 Å². The number of aldehydes is 1. The summed E-state index contributed by atoms with van der Waals surface area (Å²) >= 11 is 0. The lowest BCUT2D eigenvalue weighted by atomic mass is 10.2. The van der Waals surface area contributed by atoms with Crippen molar-refractivity contribution in [1.82, 2.24) is 19.5 Å². The highest BCUT2D eigenvalue weighted by molar-refractivity contribution is 7.64. The summed E-state index contributed by atoms with van der Waals surface area (Å²) in [6.07, 6.45) is -4.62. The third-order valence-electron chi connectivity index (χ3n) is 4.16. The number of rotatable bonds is 11. The molecule has 2 aromatic rings. The Bertz CT molecular complexity index is 1290. The molecule has 2 aromatic heterocycles. The minimum atomic E-state index is -6.15. The number of carbonyl (C=O) groups excluding carboxylic acids is 1. The maximum absolute atomic E-state index is 12.2. The molecule has 20 nitrogen and oxygen atoms in total. The highest BCUT2D eigenvalue weighted by Gasteiger charge is 2.37. The molecular formula is C12H14N5O15P3-4. The van der Waals surface area contributed by atoms with Gasteiger partial charge < -0.3 is 48.9 Å². The first-order chi connectivity index (χ1) is 16.1. The van der Waals surface area contributed by atoms with Gasteiger partial charge in [0, 0.05) is 6.42 Å². The van der Waals surface area contributed by atoms with Crippen LogP contribution in [0.2, 0.25) is 0 Å². The number of aliphatic hydroxyl groups is 2. The fraction of sp³-hybridized carbons (Fsp3) is 0.500. The third-order valence-corrected chi connectivity index (χ3v) is 7.82. The summed E-state index contributed by atoms with van der Waals surface area (Å²) in [6, 6.07) is 0. The van der Waals surface area contributed by atoms with Gasteiger partial charge in [-0.1, -0.05) is 0 Å². The van der Waals surface area contributed by atoms with Crippen LogP contribution in [0, 0.1) is 0 Å². The number of aromatic amines is 1. The second-order valence-corrected chi connectivity index (χ2v) is 10.9. The van der Waals surface area contributed by atoms with Crippen LogP contribution in [0.25, 0.3) is 11.2 Å². The lowest BCUT2D eigenvalue weighted by molar-refractivity contribution is -0.339. The van der Waals surface area contributed by atoms with Gasteiger partial charge in [-0.25, -0.2) is 9.29 Å². The van der Waals surface area contributed by atoms with Gasteiger partial charge in [-0.05, 0) is 0 Å². The van der Waals surface area contributed by atoms with Gasteiger partial charge in [0.2, 0.25) is 5.95 Å². The molecule has 4 N–H and O–H groups in total. The molecule has 0 aromatic carbocycles. The Kier molecular flexibility index (Phi) is 8.10. The normalized spacial score (nSPS) is 25.1. The Morgan fingerprint density at radius 1 is 1.29 bits per heavy atom. The minimum Gasteiger partial charge on any atom is -0.790 e. The number of nitrogens with one attached hydrogen (secondary N) is 2. The van der Waals surface area contributed by atoms with Crippen LogP contribution in [0.3, 0.4) is 0 Å². The second kappa shape index (κ2) is 10.2. The molecular weight excluding hydrogens is 547 g/mol. The molecule has 23 heteroatoms. The first kappa shape index (κ1) is 27.7. The standard InChI is InChI=1S/C12H18N5O15P3/c18-2-7(20)14-12-15-10-9(11(21)16-12)13-4-17(10)8-1-5(19)6(30-8)3-29-34(25,26)32-35(27,28)31-33(22,23)24/h2,4-8,19-20H,1,3H2,(H,25,26)(H,27,28)(H2,22,23,24)(H2,14,15,16,21)/p-4/t5-,6+,7?,8+/m0/s1. The third kappa shape index (κ3) is 7.31. The summed E-state index contributed by atoms with van der Waals surface area (Å²) in [5, 5.41) is 21.7. The van der Waals surface area contributed by atoms with Crippen LogP contribution in [-0.2, 0) is 36.4 Å². The first-order valence-electron chi connectivity index (χ1n) is 9.01. The van der Waals surface area contributed by atoms with Crippen LogP contribution in [0.15, 0.2) is 11.1 Å². The smallest absolute Gasteiger partial charge is 0.280 e. The minimum absolute atomic E-state index is 0.116. The number of aliphatic hydroxyl groups excluding tert-OH is 2. The molecule has 0 amide bonds. The molecule has 3 unspecified atom stereocenters. The van der Waals surface area contributed by atoms with Gasteiger partial charge in [-0.2, -0.15) is 4.98 Å². The van der Waals surface area contributed by atoms with E-state index in [0.29, 0.717) is 0 Å². The summed E-state index contributed by atoms with van der Waals surface area (Å²) in [5.74, 6) is -0.309. The van der Waals surface area contributed by atoms with Crippen molar-refractivity contribution < 1.29 is 66.2 Å². The van der Waals surface area contributed by atoms with E-state index in [1.54, 1.807) is 0 Å². The molecule has 1 aliphatic heterocycles.